The van der Waals surface area contributed by atoms with E-state index in [0.717, 1.165) is 63.5 Å². The Bertz CT molecular complexity index is 804. The molecule has 1 N–H and O–H groups in total. The third kappa shape index (κ3) is 4.35. The van der Waals surface area contributed by atoms with Crippen molar-refractivity contribution in [3.8, 4) is 0 Å². The molecule has 148 valence electrons. The number of pyridine rings is 1. The van der Waals surface area contributed by atoms with Crippen molar-refractivity contribution in [3.63, 3.8) is 0 Å². The number of carbonyl (C=O) groups is 1. The van der Waals surface area contributed by atoms with E-state index in [1.165, 1.54) is 6.42 Å². The van der Waals surface area contributed by atoms with Crippen molar-refractivity contribution in [3.05, 3.63) is 41.2 Å². The fourth-order valence-corrected chi connectivity index (χ4v) is 4.17. The van der Waals surface area contributed by atoms with Crippen LogP contribution < -0.4 is 10.2 Å². The first kappa shape index (κ1) is 18.9. The molecule has 2 fully saturated rings. The molecular formula is C20H25ClN6O. The lowest BCUT2D eigenvalue weighted by atomic mass is 10.0. The summed E-state index contributed by atoms with van der Waals surface area (Å²) in [6.07, 6.45) is 8.60. The van der Waals surface area contributed by atoms with Crippen molar-refractivity contribution >= 4 is 29.1 Å². The summed E-state index contributed by atoms with van der Waals surface area (Å²) in [5, 5.41) is 12.0. The van der Waals surface area contributed by atoms with Gasteiger partial charge in [-0.05, 0) is 50.3 Å². The Morgan fingerprint density at radius 2 is 1.93 bits per heavy atom. The molecule has 2 saturated heterocycles. The van der Waals surface area contributed by atoms with Crippen molar-refractivity contribution in [1.82, 2.24) is 20.1 Å². The molecule has 0 saturated carbocycles. The molecule has 2 aliphatic rings. The fourth-order valence-electron chi connectivity index (χ4n) is 3.88. The van der Waals surface area contributed by atoms with Gasteiger partial charge in [0.05, 0.1) is 10.6 Å². The zero-order chi connectivity index (χ0) is 19.3. The minimum atomic E-state index is 0.0347. The molecule has 0 unspecified atom stereocenters. The summed E-state index contributed by atoms with van der Waals surface area (Å²) in [6.45, 7) is 3.35. The average Bonchev–Trinajstić information content (AvgIpc) is 2.75. The molecule has 4 heterocycles. The summed E-state index contributed by atoms with van der Waals surface area (Å²) in [5.41, 5.74) is 0.579. The number of amides is 1. The van der Waals surface area contributed by atoms with Crippen LogP contribution in [-0.2, 0) is 0 Å². The van der Waals surface area contributed by atoms with Crippen molar-refractivity contribution in [1.29, 1.82) is 0 Å². The Labute approximate surface area is 170 Å². The van der Waals surface area contributed by atoms with Crippen LogP contribution in [0.5, 0.6) is 0 Å². The van der Waals surface area contributed by atoms with Gasteiger partial charge in [-0.3, -0.25) is 4.79 Å². The maximum Gasteiger partial charge on any atom is 0.255 e. The number of anilines is 2. The van der Waals surface area contributed by atoms with Gasteiger partial charge >= 0.3 is 0 Å². The molecule has 7 nitrogen and oxygen atoms in total. The fraction of sp³-hybridized carbons (Fsp3) is 0.500. The van der Waals surface area contributed by atoms with E-state index in [1.54, 1.807) is 18.5 Å². The Hall–Kier alpha value is -2.41. The van der Waals surface area contributed by atoms with Crippen molar-refractivity contribution in [2.45, 2.75) is 38.1 Å². The SMILES string of the molecule is O=C(c1cnc(N2CCC(Nc3cccnn3)CC2)c(Cl)c1)N1CCCCC1. The first-order valence-corrected chi connectivity index (χ1v) is 10.3. The highest BCUT2D eigenvalue weighted by Gasteiger charge is 2.24. The van der Waals surface area contributed by atoms with E-state index in [1.807, 2.05) is 17.0 Å². The van der Waals surface area contributed by atoms with Gasteiger partial charge in [-0.25, -0.2) is 4.98 Å². The minimum absolute atomic E-state index is 0.0347. The van der Waals surface area contributed by atoms with Crippen LogP contribution >= 0.6 is 11.6 Å². The molecule has 0 aromatic carbocycles. The lowest BCUT2D eigenvalue weighted by Gasteiger charge is -2.34. The maximum atomic E-state index is 12.7. The van der Waals surface area contributed by atoms with Gasteiger partial charge in [0.2, 0.25) is 0 Å². The molecule has 2 aromatic heterocycles. The van der Waals surface area contributed by atoms with Gasteiger partial charge in [0, 0.05) is 44.6 Å². The highest BCUT2D eigenvalue weighted by molar-refractivity contribution is 6.33. The van der Waals surface area contributed by atoms with Crippen LogP contribution in [0.25, 0.3) is 0 Å². The van der Waals surface area contributed by atoms with Gasteiger partial charge in [-0.2, -0.15) is 5.10 Å². The van der Waals surface area contributed by atoms with E-state index < -0.39 is 0 Å². The van der Waals surface area contributed by atoms with Gasteiger partial charge in [-0.15, -0.1) is 5.10 Å². The molecule has 4 rings (SSSR count). The topological polar surface area (TPSA) is 74.2 Å². The van der Waals surface area contributed by atoms with E-state index in [9.17, 15) is 4.79 Å². The second-order valence-corrected chi connectivity index (χ2v) is 7.80. The quantitative estimate of drug-likeness (QED) is 0.849. The summed E-state index contributed by atoms with van der Waals surface area (Å²) in [6, 6.07) is 5.92. The number of hydrogen-bond acceptors (Lipinski definition) is 6. The molecule has 0 bridgehead atoms. The van der Waals surface area contributed by atoms with Crippen LogP contribution in [0.1, 0.15) is 42.5 Å². The summed E-state index contributed by atoms with van der Waals surface area (Å²) in [5.74, 6) is 1.60. The van der Waals surface area contributed by atoms with E-state index in [4.69, 9.17) is 11.6 Å². The van der Waals surface area contributed by atoms with Gasteiger partial charge in [-0.1, -0.05) is 11.6 Å². The van der Waals surface area contributed by atoms with E-state index in [-0.39, 0.29) is 5.91 Å². The lowest BCUT2D eigenvalue weighted by molar-refractivity contribution is 0.0724. The second kappa shape index (κ2) is 8.73. The number of nitrogens with zero attached hydrogens (tertiary/aromatic N) is 5. The van der Waals surface area contributed by atoms with Crippen molar-refractivity contribution < 1.29 is 4.79 Å². The third-order valence-corrected chi connectivity index (χ3v) is 5.71. The van der Waals surface area contributed by atoms with E-state index in [0.29, 0.717) is 16.6 Å². The molecule has 1 amide bonds. The number of piperidine rings is 2. The van der Waals surface area contributed by atoms with Crippen LogP contribution in [-0.4, -0.2) is 58.2 Å². The first-order chi connectivity index (χ1) is 13.7. The largest absolute Gasteiger partial charge is 0.366 e. The Kier molecular flexibility index (Phi) is 5.90. The molecule has 8 heteroatoms. The molecule has 2 aromatic rings. The standard InChI is InChI=1S/C20H25ClN6O/c21-17-13-15(20(28)27-9-2-1-3-10-27)14-22-19(17)26-11-6-16(7-12-26)24-18-5-4-8-23-25-18/h4-5,8,13-14,16H,1-3,6-7,9-12H2,(H,24,25). The Balaban J connectivity index is 1.36. The lowest BCUT2D eigenvalue weighted by Crippen LogP contribution is -2.40. The van der Waals surface area contributed by atoms with Gasteiger partial charge in [0.15, 0.2) is 0 Å². The first-order valence-electron chi connectivity index (χ1n) is 9.95. The normalized spacial score (nSPS) is 18.2. The van der Waals surface area contributed by atoms with Crippen molar-refractivity contribution in [2.75, 3.05) is 36.4 Å². The highest BCUT2D eigenvalue weighted by Crippen LogP contribution is 2.28. The van der Waals surface area contributed by atoms with Crippen LogP contribution in [0.2, 0.25) is 5.02 Å². The van der Waals surface area contributed by atoms with Crippen molar-refractivity contribution in [2.24, 2.45) is 0 Å². The molecule has 0 atom stereocenters. The molecule has 0 radical (unpaired) electrons. The predicted octanol–water partition coefficient (Wildman–Crippen LogP) is 3.23. The van der Waals surface area contributed by atoms with Crippen LogP contribution in [0.3, 0.4) is 0 Å². The summed E-state index contributed by atoms with van der Waals surface area (Å²) >= 11 is 6.50. The minimum Gasteiger partial charge on any atom is -0.366 e. The molecule has 28 heavy (non-hydrogen) atoms. The third-order valence-electron chi connectivity index (χ3n) is 5.43. The summed E-state index contributed by atoms with van der Waals surface area (Å²) < 4.78 is 0. The number of hydrogen-bond donors (Lipinski definition) is 1. The molecule has 2 aliphatic heterocycles. The van der Waals surface area contributed by atoms with E-state index >= 15 is 0 Å². The average molecular weight is 401 g/mol. The molecule has 0 spiro atoms. The smallest absolute Gasteiger partial charge is 0.255 e. The van der Waals surface area contributed by atoms with Gasteiger partial charge < -0.3 is 15.1 Å². The van der Waals surface area contributed by atoms with Gasteiger partial charge in [0.25, 0.3) is 5.91 Å². The zero-order valence-electron chi connectivity index (χ0n) is 15.9. The Morgan fingerprint density at radius 1 is 1.14 bits per heavy atom. The Morgan fingerprint density at radius 3 is 2.61 bits per heavy atom. The van der Waals surface area contributed by atoms with Gasteiger partial charge in [0.1, 0.15) is 11.6 Å². The number of carbonyl (C=O) groups excluding carboxylic acids is 1. The van der Waals surface area contributed by atoms with Crippen LogP contribution in [0.4, 0.5) is 11.6 Å². The number of aromatic nitrogens is 3. The summed E-state index contributed by atoms with van der Waals surface area (Å²) in [4.78, 5) is 21.3. The van der Waals surface area contributed by atoms with Crippen LogP contribution in [0.15, 0.2) is 30.6 Å². The van der Waals surface area contributed by atoms with Crippen LogP contribution in [0, 0.1) is 0 Å². The molecular weight excluding hydrogens is 376 g/mol. The summed E-state index contributed by atoms with van der Waals surface area (Å²) in [7, 11) is 0. The maximum absolute atomic E-state index is 12.7. The van der Waals surface area contributed by atoms with E-state index in [2.05, 4.69) is 25.4 Å². The number of rotatable bonds is 4. The predicted molar refractivity (Wildman–Crippen MR) is 110 cm³/mol. The second-order valence-electron chi connectivity index (χ2n) is 7.40. The number of nitrogens with one attached hydrogen (secondary N) is 1. The number of likely N-dealkylation sites (tertiary alicyclic amines) is 1. The monoisotopic (exact) mass is 400 g/mol. The highest BCUT2D eigenvalue weighted by atomic mass is 35.5. The zero-order valence-corrected chi connectivity index (χ0v) is 16.6. The number of halogens is 1. The molecule has 0 aliphatic carbocycles.